The zero-order chi connectivity index (χ0) is 16.7. The number of amides is 1. The van der Waals surface area contributed by atoms with Crippen LogP contribution < -0.4 is 5.32 Å². The van der Waals surface area contributed by atoms with Crippen LogP contribution in [0.2, 0.25) is 0 Å². The van der Waals surface area contributed by atoms with E-state index < -0.39 is 10.9 Å². The summed E-state index contributed by atoms with van der Waals surface area (Å²) in [5.74, 6) is -1.49. The lowest BCUT2D eigenvalue weighted by Gasteiger charge is -2.05. The Kier molecular flexibility index (Phi) is 6.00. The molecule has 116 valence electrons. The van der Waals surface area contributed by atoms with Gasteiger partial charge >= 0.3 is 5.97 Å². The number of nitro groups is 1. The highest BCUT2D eigenvalue weighted by Gasteiger charge is 2.10. The number of nitro benzene ring substituents is 1. The number of hydrogen-bond donors (Lipinski definition) is 2. The lowest BCUT2D eigenvalue weighted by atomic mass is 10.1. The normalized spacial score (nSPS) is 10.9. The van der Waals surface area contributed by atoms with Gasteiger partial charge in [0, 0.05) is 29.8 Å². The first kappa shape index (κ1) is 17.1. The number of non-ortho nitro benzene ring substituents is 1. The molecule has 0 unspecified atom stereocenters. The average molecular weight is 304 g/mol. The van der Waals surface area contributed by atoms with E-state index in [4.69, 9.17) is 5.11 Å². The van der Waals surface area contributed by atoms with Crippen molar-refractivity contribution in [2.75, 3.05) is 6.54 Å². The molecule has 1 aromatic carbocycles. The Bertz CT molecular complexity index is 649. The van der Waals surface area contributed by atoms with Crippen molar-refractivity contribution in [2.24, 2.45) is 0 Å². The number of rotatable bonds is 7. The number of hydrogen-bond acceptors (Lipinski definition) is 4. The fourth-order valence-electron chi connectivity index (χ4n) is 1.63. The maximum atomic E-state index is 11.3. The SMILES string of the molecule is C=C(C)C(=O)NCC/C(=C\c1cccc([N+](=O)[O-])c1)C(=O)O. The minimum Gasteiger partial charge on any atom is -0.478 e. The average Bonchev–Trinajstić information content (AvgIpc) is 2.45. The van der Waals surface area contributed by atoms with Crippen LogP contribution in [0.25, 0.3) is 6.08 Å². The van der Waals surface area contributed by atoms with Crippen molar-refractivity contribution < 1.29 is 19.6 Å². The van der Waals surface area contributed by atoms with Gasteiger partial charge in [0.2, 0.25) is 5.91 Å². The van der Waals surface area contributed by atoms with E-state index in [0.717, 1.165) is 0 Å². The van der Waals surface area contributed by atoms with Gasteiger partial charge in [0.15, 0.2) is 0 Å². The third-order valence-corrected chi connectivity index (χ3v) is 2.76. The molecule has 1 aromatic rings. The molecule has 0 aliphatic carbocycles. The largest absolute Gasteiger partial charge is 0.478 e. The number of carbonyl (C=O) groups excluding carboxylic acids is 1. The van der Waals surface area contributed by atoms with Crippen LogP contribution in [0.4, 0.5) is 5.69 Å². The summed E-state index contributed by atoms with van der Waals surface area (Å²) in [5, 5.41) is 22.4. The molecule has 0 radical (unpaired) electrons. The molecule has 0 aliphatic rings. The summed E-state index contributed by atoms with van der Waals surface area (Å²) < 4.78 is 0. The van der Waals surface area contributed by atoms with E-state index in [1.54, 1.807) is 13.0 Å². The van der Waals surface area contributed by atoms with Crippen LogP contribution in [0.1, 0.15) is 18.9 Å². The van der Waals surface area contributed by atoms with Crippen LogP contribution in [-0.2, 0) is 9.59 Å². The summed E-state index contributed by atoms with van der Waals surface area (Å²) in [4.78, 5) is 32.7. The van der Waals surface area contributed by atoms with Gasteiger partial charge < -0.3 is 10.4 Å². The van der Waals surface area contributed by atoms with E-state index in [2.05, 4.69) is 11.9 Å². The van der Waals surface area contributed by atoms with Gasteiger partial charge in [0.25, 0.3) is 5.69 Å². The Hall–Kier alpha value is -2.96. The van der Waals surface area contributed by atoms with Crippen LogP contribution in [0.15, 0.2) is 42.0 Å². The second-order valence-electron chi connectivity index (χ2n) is 4.61. The van der Waals surface area contributed by atoms with E-state index in [0.29, 0.717) is 11.1 Å². The van der Waals surface area contributed by atoms with Crippen molar-refractivity contribution in [2.45, 2.75) is 13.3 Å². The summed E-state index contributed by atoms with van der Waals surface area (Å²) in [6.07, 6.45) is 1.44. The maximum Gasteiger partial charge on any atom is 0.331 e. The van der Waals surface area contributed by atoms with Gasteiger partial charge in [-0.1, -0.05) is 18.7 Å². The van der Waals surface area contributed by atoms with Crippen LogP contribution in [0.3, 0.4) is 0 Å². The van der Waals surface area contributed by atoms with E-state index in [9.17, 15) is 19.7 Å². The zero-order valence-electron chi connectivity index (χ0n) is 12.0. The molecule has 0 saturated heterocycles. The topological polar surface area (TPSA) is 110 Å². The molecule has 0 bridgehead atoms. The number of carbonyl (C=O) groups is 2. The van der Waals surface area contributed by atoms with Gasteiger partial charge in [-0.2, -0.15) is 0 Å². The van der Waals surface area contributed by atoms with Gasteiger partial charge in [-0.25, -0.2) is 4.79 Å². The van der Waals surface area contributed by atoms with Crippen molar-refractivity contribution in [1.29, 1.82) is 0 Å². The quantitative estimate of drug-likeness (QED) is 0.455. The third-order valence-electron chi connectivity index (χ3n) is 2.76. The van der Waals surface area contributed by atoms with Crippen molar-refractivity contribution in [3.8, 4) is 0 Å². The highest BCUT2D eigenvalue weighted by molar-refractivity contribution is 5.93. The van der Waals surface area contributed by atoms with Gasteiger partial charge in [-0.15, -0.1) is 0 Å². The summed E-state index contributed by atoms with van der Waals surface area (Å²) in [5.41, 5.74) is 0.675. The predicted molar refractivity (Wildman–Crippen MR) is 81.1 cm³/mol. The van der Waals surface area contributed by atoms with Gasteiger partial charge in [-0.05, 0) is 25.0 Å². The molecule has 2 N–H and O–H groups in total. The summed E-state index contributed by atoms with van der Waals surface area (Å²) in [6.45, 7) is 5.16. The fourth-order valence-corrected chi connectivity index (χ4v) is 1.63. The molecule has 7 heteroatoms. The number of nitrogens with one attached hydrogen (secondary N) is 1. The van der Waals surface area contributed by atoms with Crippen LogP contribution >= 0.6 is 0 Å². The lowest BCUT2D eigenvalue weighted by Crippen LogP contribution is -2.25. The molecular formula is C15H16N2O5. The molecule has 0 aromatic heterocycles. The summed E-state index contributed by atoms with van der Waals surface area (Å²) in [7, 11) is 0. The van der Waals surface area contributed by atoms with Gasteiger partial charge in [-0.3, -0.25) is 14.9 Å². The second-order valence-corrected chi connectivity index (χ2v) is 4.61. The van der Waals surface area contributed by atoms with Crippen LogP contribution in [0.5, 0.6) is 0 Å². The minimum absolute atomic E-state index is 0.0440. The molecular weight excluding hydrogens is 288 g/mol. The molecule has 0 atom stereocenters. The number of aliphatic carboxylic acids is 1. The van der Waals surface area contributed by atoms with E-state index >= 15 is 0 Å². The molecule has 0 spiro atoms. The number of benzene rings is 1. The number of carboxylic acid groups (broad SMARTS) is 1. The van der Waals surface area contributed by atoms with Gasteiger partial charge in [0.05, 0.1) is 4.92 Å². The molecule has 1 rings (SSSR count). The zero-order valence-corrected chi connectivity index (χ0v) is 12.0. The molecule has 1 amide bonds. The Morgan fingerprint density at radius 1 is 1.45 bits per heavy atom. The predicted octanol–water partition coefficient (Wildman–Crippen LogP) is 2.15. The molecule has 0 saturated carbocycles. The molecule has 22 heavy (non-hydrogen) atoms. The van der Waals surface area contributed by atoms with Crippen molar-refractivity contribution in [3.05, 3.63) is 57.7 Å². The number of nitrogens with zero attached hydrogens (tertiary/aromatic N) is 1. The monoisotopic (exact) mass is 304 g/mol. The maximum absolute atomic E-state index is 11.3. The Balaban J connectivity index is 2.84. The summed E-state index contributed by atoms with van der Waals surface area (Å²) in [6, 6.07) is 5.66. The van der Waals surface area contributed by atoms with Gasteiger partial charge in [0.1, 0.15) is 0 Å². The molecule has 0 aliphatic heterocycles. The van der Waals surface area contributed by atoms with E-state index in [1.165, 1.54) is 24.3 Å². The Morgan fingerprint density at radius 3 is 2.68 bits per heavy atom. The smallest absolute Gasteiger partial charge is 0.331 e. The van der Waals surface area contributed by atoms with E-state index in [1.807, 2.05) is 0 Å². The minimum atomic E-state index is -1.14. The first-order valence-corrected chi connectivity index (χ1v) is 6.43. The Morgan fingerprint density at radius 2 is 2.14 bits per heavy atom. The lowest BCUT2D eigenvalue weighted by molar-refractivity contribution is -0.384. The highest BCUT2D eigenvalue weighted by Crippen LogP contribution is 2.16. The standard InChI is InChI=1S/C15H16N2O5/c1-10(2)14(18)16-7-6-12(15(19)20)8-11-4-3-5-13(9-11)17(21)22/h3-5,8-9H,1,6-7H2,2H3,(H,16,18)(H,19,20)/b12-8+. The van der Waals surface area contributed by atoms with Crippen LogP contribution in [0, 0.1) is 10.1 Å². The molecule has 7 nitrogen and oxygen atoms in total. The Labute approximate surface area is 127 Å². The first-order chi connectivity index (χ1) is 10.3. The first-order valence-electron chi connectivity index (χ1n) is 6.43. The molecule has 0 heterocycles. The van der Waals surface area contributed by atoms with Crippen molar-refractivity contribution in [1.82, 2.24) is 5.32 Å². The summed E-state index contributed by atoms with van der Waals surface area (Å²) >= 11 is 0. The van der Waals surface area contributed by atoms with Crippen molar-refractivity contribution >= 4 is 23.6 Å². The number of carboxylic acids is 1. The van der Waals surface area contributed by atoms with E-state index in [-0.39, 0.29) is 30.1 Å². The highest BCUT2D eigenvalue weighted by atomic mass is 16.6. The second kappa shape index (κ2) is 7.72. The van der Waals surface area contributed by atoms with Crippen molar-refractivity contribution in [3.63, 3.8) is 0 Å². The van der Waals surface area contributed by atoms with Crippen LogP contribution in [-0.4, -0.2) is 28.5 Å². The fraction of sp³-hybridized carbons (Fsp3) is 0.200. The molecule has 0 fully saturated rings. The third kappa shape index (κ3) is 5.20.